The molecule has 2 amide bonds. The molecule has 2 bridgehead atoms. The standard InChI is InChI=1S/C30H39ClN2O6/c1-7-15-32(24-19(6)11-10-12-20(24)31)27(36)25-30-14-13-29(9-3,39-30)23(28(37)38-16-8-2)22(30)26(35)33(25)21(17-34)18(4)5/h7-8,10-12,18,21-23,25,34H,1-2,9,13-17H2,3-6H3/t21-,22-,23+,25?,29-,30?/m0/s1. The summed E-state index contributed by atoms with van der Waals surface area (Å²) in [5.41, 5.74) is -0.850. The summed E-state index contributed by atoms with van der Waals surface area (Å²) in [5, 5.41) is 10.8. The Morgan fingerprint density at radius 2 is 2.03 bits per heavy atom. The maximum Gasteiger partial charge on any atom is 0.313 e. The van der Waals surface area contributed by atoms with Gasteiger partial charge in [-0.05, 0) is 43.7 Å². The van der Waals surface area contributed by atoms with E-state index in [4.69, 9.17) is 21.1 Å². The molecule has 4 rings (SSSR count). The SMILES string of the molecule is C=CCOC(=O)[C@H]1[C@H]2C(=O)N([C@@H](CO)C(C)C)C(C(=O)N(CC=C)c3c(C)cccc3Cl)C23CC[C@]1(CC)O3. The Balaban J connectivity index is 1.90. The Morgan fingerprint density at radius 3 is 2.59 bits per heavy atom. The first-order chi connectivity index (χ1) is 18.5. The summed E-state index contributed by atoms with van der Waals surface area (Å²) >= 11 is 6.61. The summed E-state index contributed by atoms with van der Waals surface area (Å²) in [6, 6.07) is 3.66. The number of carbonyl (C=O) groups excluding carboxylic acids is 3. The third-order valence-corrected chi connectivity index (χ3v) is 9.11. The minimum atomic E-state index is -1.25. The van der Waals surface area contributed by atoms with Crippen LogP contribution in [0.15, 0.2) is 43.5 Å². The van der Waals surface area contributed by atoms with E-state index in [0.29, 0.717) is 30.0 Å². The average Bonchev–Trinajstić information content (AvgIpc) is 3.50. The van der Waals surface area contributed by atoms with Gasteiger partial charge in [-0.3, -0.25) is 14.4 Å². The van der Waals surface area contributed by atoms with Crippen molar-refractivity contribution in [3.63, 3.8) is 0 Å². The van der Waals surface area contributed by atoms with Crippen LogP contribution in [0.2, 0.25) is 5.02 Å². The quantitative estimate of drug-likeness (QED) is 0.325. The molecule has 0 aromatic heterocycles. The number of esters is 1. The molecule has 1 aromatic carbocycles. The lowest BCUT2D eigenvalue weighted by Crippen LogP contribution is -2.60. The van der Waals surface area contributed by atoms with Crippen molar-refractivity contribution in [1.82, 2.24) is 4.90 Å². The predicted octanol–water partition coefficient (Wildman–Crippen LogP) is 4.07. The first-order valence-corrected chi connectivity index (χ1v) is 14.0. The molecule has 3 fully saturated rings. The van der Waals surface area contributed by atoms with Gasteiger partial charge in [0.15, 0.2) is 0 Å². The molecule has 0 aliphatic carbocycles. The smallest absolute Gasteiger partial charge is 0.313 e. The molecule has 0 radical (unpaired) electrons. The Kier molecular flexibility index (Phi) is 8.31. The molecule has 0 saturated carbocycles. The van der Waals surface area contributed by atoms with Crippen molar-refractivity contribution in [2.75, 3.05) is 24.7 Å². The molecule has 3 saturated heterocycles. The predicted molar refractivity (Wildman–Crippen MR) is 149 cm³/mol. The Bertz CT molecular complexity index is 1150. The number of anilines is 1. The van der Waals surface area contributed by atoms with E-state index in [1.165, 1.54) is 11.0 Å². The Morgan fingerprint density at radius 1 is 1.31 bits per heavy atom. The maximum absolute atomic E-state index is 14.7. The first-order valence-electron chi connectivity index (χ1n) is 13.6. The lowest BCUT2D eigenvalue weighted by molar-refractivity contribution is -0.161. The Hall–Kier alpha value is -2.68. The summed E-state index contributed by atoms with van der Waals surface area (Å²) in [5.74, 6) is -3.23. The van der Waals surface area contributed by atoms with E-state index in [-0.39, 0.29) is 37.5 Å². The zero-order chi connectivity index (χ0) is 28.7. The van der Waals surface area contributed by atoms with E-state index in [9.17, 15) is 19.5 Å². The van der Waals surface area contributed by atoms with E-state index in [1.807, 2.05) is 39.8 Å². The number of para-hydroxylation sites is 1. The van der Waals surface area contributed by atoms with E-state index in [0.717, 1.165) is 5.56 Å². The minimum Gasteiger partial charge on any atom is -0.461 e. The molecule has 1 spiro atoms. The molecular weight excluding hydrogens is 520 g/mol. The number of hydrogen-bond donors (Lipinski definition) is 1. The number of likely N-dealkylation sites (tertiary alicyclic amines) is 1. The number of halogens is 1. The summed E-state index contributed by atoms with van der Waals surface area (Å²) < 4.78 is 12.3. The zero-order valence-corrected chi connectivity index (χ0v) is 23.9. The highest BCUT2D eigenvalue weighted by molar-refractivity contribution is 6.34. The molecule has 39 heavy (non-hydrogen) atoms. The number of fused-ring (bicyclic) bond motifs is 1. The fraction of sp³-hybridized carbons (Fsp3) is 0.567. The summed E-state index contributed by atoms with van der Waals surface area (Å²) in [6.45, 7) is 14.9. The molecule has 6 atom stereocenters. The monoisotopic (exact) mass is 558 g/mol. The van der Waals surface area contributed by atoms with E-state index in [2.05, 4.69) is 13.2 Å². The van der Waals surface area contributed by atoms with Gasteiger partial charge in [0.05, 0.1) is 34.9 Å². The third-order valence-electron chi connectivity index (χ3n) is 8.80. The number of nitrogens with zero attached hydrogens (tertiary/aromatic N) is 2. The van der Waals surface area contributed by atoms with Crippen LogP contribution in [0, 0.1) is 24.7 Å². The van der Waals surface area contributed by atoms with Crippen LogP contribution in [0.1, 0.15) is 45.6 Å². The van der Waals surface area contributed by atoms with Crippen LogP contribution in [0.5, 0.6) is 0 Å². The molecule has 3 aliphatic rings. The largest absolute Gasteiger partial charge is 0.461 e. The molecule has 9 heteroatoms. The van der Waals surface area contributed by atoms with Crippen molar-refractivity contribution in [2.45, 2.75) is 70.2 Å². The van der Waals surface area contributed by atoms with E-state index >= 15 is 0 Å². The number of ether oxygens (including phenoxy) is 2. The van der Waals surface area contributed by atoms with Gasteiger partial charge < -0.3 is 24.4 Å². The highest BCUT2D eigenvalue weighted by Gasteiger charge is 2.79. The summed E-state index contributed by atoms with van der Waals surface area (Å²) in [4.78, 5) is 45.6. The molecule has 2 unspecified atom stereocenters. The second-order valence-electron chi connectivity index (χ2n) is 11.1. The molecule has 212 valence electrons. The number of aliphatic hydroxyl groups is 1. The number of aryl methyl sites for hydroxylation is 1. The van der Waals surface area contributed by atoms with Crippen molar-refractivity contribution < 1.29 is 29.0 Å². The zero-order valence-electron chi connectivity index (χ0n) is 23.2. The van der Waals surface area contributed by atoms with Gasteiger partial charge in [0.25, 0.3) is 5.91 Å². The number of hydrogen-bond acceptors (Lipinski definition) is 6. The highest BCUT2D eigenvalue weighted by Crippen LogP contribution is 2.65. The summed E-state index contributed by atoms with van der Waals surface area (Å²) in [7, 11) is 0. The second kappa shape index (κ2) is 11.1. The molecule has 3 heterocycles. The molecule has 1 aromatic rings. The second-order valence-corrected chi connectivity index (χ2v) is 11.5. The number of aliphatic hydroxyl groups excluding tert-OH is 1. The van der Waals surface area contributed by atoms with Gasteiger partial charge in [-0.1, -0.05) is 63.2 Å². The highest BCUT2D eigenvalue weighted by atomic mass is 35.5. The van der Waals surface area contributed by atoms with Crippen molar-refractivity contribution in [3.05, 3.63) is 54.1 Å². The fourth-order valence-corrected chi connectivity index (χ4v) is 7.36. The van der Waals surface area contributed by atoms with Crippen LogP contribution in [0.4, 0.5) is 5.69 Å². The van der Waals surface area contributed by atoms with Crippen LogP contribution in [0.25, 0.3) is 0 Å². The average molecular weight is 559 g/mol. The van der Waals surface area contributed by atoms with Crippen molar-refractivity contribution in [3.8, 4) is 0 Å². The van der Waals surface area contributed by atoms with Crippen molar-refractivity contribution in [1.29, 1.82) is 0 Å². The maximum atomic E-state index is 14.7. The minimum absolute atomic E-state index is 0.0132. The van der Waals surface area contributed by atoms with Gasteiger partial charge in [-0.25, -0.2) is 0 Å². The van der Waals surface area contributed by atoms with Gasteiger partial charge in [0.2, 0.25) is 5.91 Å². The molecular formula is C30H39ClN2O6. The van der Waals surface area contributed by atoms with Gasteiger partial charge in [-0.15, -0.1) is 6.58 Å². The molecule has 8 nitrogen and oxygen atoms in total. The fourth-order valence-electron chi connectivity index (χ4n) is 7.04. The van der Waals surface area contributed by atoms with Gasteiger partial charge >= 0.3 is 5.97 Å². The number of rotatable bonds is 11. The van der Waals surface area contributed by atoms with E-state index < -0.39 is 41.1 Å². The van der Waals surface area contributed by atoms with E-state index in [1.54, 1.807) is 17.0 Å². The molecule has 1 N–H and O–H groups in total. The lowest BCUT2D eigenvalue weighted by atomic mass is 9.65. The van der Waals surface area contributed by atoms with Crippen molar-refractivity contribution in [2.24, 2.45) is 17.8 Å². The third kappa shape index (κ3) is 4.41. The van der Waals surface area contributed by atoms with Gasteiger partial charge in [0, 0.05) is 6.54 Å². The number of benzene rings is 1. The first kappa shape index (κ1) is 29.3. The number of carbonyl (C=O) groups is 3. The van der Waals surface area contributed by atoms with Crippen molar-refractivity contribution >= 4 is 35.1 Å². The topological polar surface area (TPSA) is 96.4 Å². The van der Waals surface area contributed by atoms with Gasteiger partial charge in [0.1, 0.15) is 24.2 Å². The summed E-state index contributed by atoms with van der Waals surface area (Å²) in [6.07, 6.45) is 4.51. The van der Waals surface area contributed by atoms with Crippen LogP contribution in [-0.2, 0) is 23.9 Å². The van der Waals surface area contributed by atoms with Crippen LogP contribution >= 0.6 is 11.6 Å². The van der Waals surface area contributed by atoms with Crippen LogP contribution in [-0.4, -0.2) is 70.8 Å². The Labute approximate surface area is 235 Å². The molecule has 3 aliphatic heterocycles. The number of amides is 2. The van der Waals surface area contributed by atoms with Crippen LogP contribution in [0.3, 0.4) is 0 Å². The van der Waals surface area contributed by atoms with Gasteiger partial charge in [-0.2, -0.15) is 0 Å². The normalized spacial score (nSPS) is 29.9. The lowest BCUT2D eigenvalue weighted by Gasteiger charge is -2.41. The van der Waals surface area contributed by atoms with Crippen LogP contribution < -0.4 is 4.90 Å².